The van der Waals surface area contributed by atoms with Crippen LogP contribution >= 0.6 is 0 Å². The Balaban J connectivity index is 1.38. The maximum atomic E-state index is 5.99. The lowest BCUT2D eigenvalue weighted by atomic mass is 9.98. The summed E-state index contributed by atoms with van der Waals surface area (Å²) in [7, 11) is 0. The van der Waals surface area contributed by atoms with Gasteiger partial charge in [-0.15, -0.1) is 0 Å². The summed E-state index contributed by atoms with van der Waals surface area (Å²) in [4.78, 5) is 2.42. The molecule has 1 heterocycles. The molecular weight excluding hydrogens is 308 g/mol. The van der Waals surface area contributed by atoms with Gasteiger partial charge < -0.3 is 10.5 Å². The highest BCUT2D eigenvalue weighted by atomic mass is 16.5. The van der Waals surface area contributed by atoms with Crippen LogP contribution in [0.25, 0.3) is 11.1 Å². The van der Waals surface area contributed by atoms with Gasteiger partial charge in [-0.25, -0.2) is 0 Å². The topological polar surface area (TPSA) is 38.5 Å². The second-order valence-corrected chi connectivity index (χ2v) is 6.53. The lowest BCUT2D eigenvalue weighted by Gasteiger charge is -2.39. The Morgan fingerprint density at radius 1 is 0.840 bits per heavy atom. The first-order valence-electron chi connectivity index (χ1n) is 8.66. The van der Waals surface area contributed by atoms with Crippen LogP contribution in [-0.2, 0) is 6.54 Å². The fraction of sp³-hybridized carbons (Fsp3) is 0.182. The van der Waals surface area contributed by atoms with Crippen molar-refractivity contribution in [1.82, 2.24) is 4.90 Å². The van der Waals surface area contributed by atoms with Crippen molar-refractivity contribution in [3.63, 3.8) is 0 Å². The zero-order valence-corrected chi connectivity index (χ0v) is 14.1. The zero-order chi connectivity index (χ0) is 17.1. The first kappa shape index (κ1) is 15.7. The van der Waals surface area contributed by atoms with E-state index in [4.69, 9.17) is 10.5 Å². The van der Waals surface area contributed by atoms with Crippen LogP contribution in [0.5, 0.6) is 5.75 Å². The lowest BCUT2D eigenvalue weighted by molar-refractivity contribution is 0.0147. The highest BCUT2D eigenvalue weighted by molar-refractivity contribution is 5.67. The second kappa shape index (κ2) is 6.99. The lowest BCUT2D eigenvalue weighted by Crippen LogP contribution is -2.53. The second-order valence-electron chi connectivity index (χ2n) is 6.53. The van der Waals surface area contributed by atoms with E-state index in [1.165, 1.54) is 16.7 Å². The van der Waals surface area contributed by atoms with Crippen molar-refractivity contribution in [2.24, 2.45) is 0 Å². The molecule has 1 aliphatic rings. The summed E-state index contributed by atoms with van der Waals surface area (Å²) in [5.74, 6) is 0.892. The van der Waals surface area contributed by atoms with E-state index < -0.39 is 0 Å². The number of nitrogens with zero attached hydrogens (tertiary/aromatic N) is 1. The third-order valence-electron chi connectivity index (χ3n) is 4.60. The summed E-state index contributed by atoms with van der Waals surface area (Å²) in [6.07, 6.45) is 0.257. The molecule has 3 nitrogen and oxygen atoms in total. The number of likely N-dealkylation sites (tertiary alicyclic amines) is 1. The van der Waals surface area contributed by atoms with Gasteiger partial charge in [0, 0.05) is 25.3 Å². The fourth-order valence-corrected chi connectivity index (χ4v) is 3.26. The highest BCUT2D eigenvalue weighted by Crippen LogP contribution is 2.27. The molecule has 0 saturated carbocycles. The largest absolute Gasteiger partial charge is 0.488 e. The number of ether oxygens (including phenoxy) is 1. The molecule has 0 radical (unpaired) electrons. The van der Waals surface area contributed by atoms with Crippen molar-refractivity contribution in [2.75, 3.05) is 18.8 Å². The summed E-state index contributed by atoms with van der Waals surface area (Å²) < 4.78 is 5.99. The molecule has 1 fully saturated rings. The molecule has 1 saturated heterocycles. The molecule has 3 aromatic rings. The molecule has 2 N–H and O–H groups in total. The van der Waals surface area contributed by atoms with Gasteiger partial charge in [-0.3, -0.25) is 4.90 Å². The van der Waals surface area contributed by atoms with Crippen LogP contribution in [0.1, 0.15) is 5.56 Å². The number of benzene rings is 3. The summed E-state index contributed by atoms with van der Waals surface area (Å²) >= 11 is 0. The molecule has 3 heteroatoms. The van der Waals surface area contributed by atoms with E-state index in [1.54, 1.807) is 0 Å². The summed E-state index contributed by atoms with van der Waals surface area (Å²) in [5, 5.41) is 0. The van der Waals surface area contributed by atoms with Crippen LogP contribution < -0.4 is 10.5 Å². The number of anilines is 1. The van der Waals surface area contributed by atoms with Crippen LogP contribution in [0, 0.1) is 0 Å². The predicted molar refractivity (Wildman–Crippen MR) is 102 cm³/mol. The normalized spacial score (nSPS) is 14.9. The third-order valence-corrected chi connectivity index (χ3v) is 4.60. The molecule has 4 rings (SSSR count). The summed E-state index contributed by atoms with van der Waals surface area (Å²) in [5.41, 5.74) is 10.4. The number of nitrogens with two attached hydrogens (primary N) is 1. The van der Waals surface area contributed by atoms with Gasteiger partial charge in [-0.05, 0) is 41.0 Å². The average Bonchev–Trinajstić information content (AvgIpc) is 2.63. The molecule has 0 bridgehead atoms. The molecule has 0 aromatic heterocycles. The van der Waals surface area contributed by atoms with Gasteiger partial charge in [-0.1, -0.05) is 54.6 Å². The smallest absolute Gasteiger partial charge is 0.124 e. The van der Waals surface area contributed by atoms with Crippen molar-refractivity contribution >= 4 is 5.69 Å². The molecule has 0 spiro atoms. The van der Waals surface area contributed by atoms with Crippen molar-refractivity contribution in [3.8, 4) is 16.9 Å². The molecule has 0 unspecified atom stereocenters. The number of nitrogen functional groups attached to an aromatic ring is 1. The molecule has 0 aliphatic carbocycles. The van der Waals surface area contributed by atoms with Gasteiger partial charge in [-0.2, -0.15) is 0 Å². The first-order valence-corrected chi connectivity index (χ1v) is 8.66. The van der Waals surface area contributed by atoms with Crippen molar-refractivity contribution in [2.45, 2.75) is 12.6 Å². The molecule has 126 valence electrons. The van der Waals surface area contributed by atoms with Crippen LogP contribution in [-0.4, -0.2) is 24.1 Å². The maximum absolute atomic E-state index is 5.99. The average molecular weight is 330 g/mol. The van der Waals surface area contributed by atoms with E-state index in [2.05, 4.69) is 59.5 Å². The molecule has 25 heavy (non-hydrogen) atoms. The van der Waals surface area contributed by atoms with Crippen LogP contribution in [0.4, 0.5) is 5.69 Å². The number of hydrogen-bond acceptors (Lipinski definition) is 3. The standard InChI is InChI=1S/C22H22N2O/c23-19-10-12-20(13-11-19)25-21-15-24(16-21)14-18-8-4-5-9-22(18)17-6-2-1-3-7-17/h1-13,21H,14-16,23H2. The molecular formula is C22H22N2O. The van der Waals surface area contributed by atoms with Gasteiger partial charge in [0.25, 0.3) is 0 Å². The Morgan fingerprint density at radius 2 is 1.52 bits per heavy atom. The van der Waals surface area contributed by atoms with Crippen LogP contribution in [0.15, 0.2) is 78.9 Å². The quantitative estimate of drug-likeness (QED) is 0.713. The zero-order valence-electron chi connectivity index (χ0n) is 14.1. The Hall–Kier alpha value is -2.78. The Labute approximate surface area is 148 Å². The SMILES string of the molecule is Nc1ccc(OC2CN(Cc3ccccc3-c3ccccc3)C2)cc1. The maximum Gasteiger partial charge on any atom is 0.124 e. The highest BCUT2D eigenvalue weighted by Gasteiger charge is 2.28. The van der Waals surface area contributed by atoms with E-state index in [9.17, 15) is 0 Å². The van der Waals surface area contributed by atoms with E-state index in [-0.39, 0.29) is 6.10 Å². The van der Waals surface area contributed by atoms with Gasteiger partial charge in [0.1, 0.15) is 11.9 Å². The van der Waals surface area contributed by atoms with E-state index in [1.807, 2.05) is 24.3 Å². The molecule has 0 atom stereocenters. The van der Waals surface area contributed by atoms with Gasteiger partial charge in [0.15, 0.2) is 0 Å². The minimum atomic E-state index is 0.257. The molecule has 3 aromatic carbocycles. The minimum absolute atomic E-state index is 0.257. The summed E-state index contributed by atoms with van der Waals surface area (Å²) in [6, 6.07) is 26.8. The Bertz CT molecular complexity index is 824. The predicted octanol–water partition coefficient (Wildman–Crippen LogP) is 4.20. The monoisotopic (exact) mass is 330 g/mol. The number of hydrogen-bond donors (Lipinski definition) is 1. The van der Waals surface area contributed by atoms with Crippen molar-refractivity contribution in [1.29, 1.82) is 0 Å². The van der Waals surface area contributed by atoms with Crippen LogP contribution in [0.2, 0.25) is 0 Å². The van der Waals surface area contributed by atoms with Crippen molar-refractivity contribution in [3.05, 3.63) is 84.4 Å². The minimum Gasteiger partial charge on any atom is -0.488 e. The Kier molecular flexibility index (Phi) is 4.40. The van der Waals surface area contributed by atoms with E-state index in [0.717, 1.165) is 31.1 Å². The summed E-state index contributed by atoms with van der Waals surface area (Å²) in [6.45, 7) is 2.85. The van der Waals surface area contributed by atoms with E-state index in [0.29, 0.717) is 0 Å². The Morgan fingerprint density at radius 3 is 2.28 bits per heavy atom. The molecule has 1 aliphatic heterocycles. The van der Waals surface area contributed by atoms with Gasteiger partial charge in [0.05, 0.1) is 0 Å². The van der Waals surface area contributed by atoms with Gasteiger partial charge >= 0.3 is 0 Å². The molecule has 0 amide bonds. The van der Waals surface area contributed by atoms with Gasteiger partial charge in [0.2, 0.25) is 0 Å². The first-order chi connectivity index (χ1) is 12.3. The van der Waals surface area contributed by atoms with Crippen LogP contribution in [0.3, 0.4) is 0 Å². The number of rotatable bonds is 5. The fourth-order valence-electron chi connectivity index (χ4n) is 3.26. The van der Waals surface area contributed by atoms with Crippen molar-refractivity contribution < 1.29 is 4.74 Å². The van der Waals surface area contributed by atoms with E-state index >= 15 is 0 Å². The third kappa shape index (κ3) is 3.67.